The average molecular weight is 185 g/mol. The summed E-state index contributed by atoms with van der Waals surface area (Å²) in [6.07, 6.45) is 7.75. The van der Waals surface area contributed by atoms with E-state index in [0.717, 1.165) is 19.0 Å². The molecule has 1 atom stereocenters. The molecule has 5 N–H and O–H groups in total. The zero-order chi connectivity index (χ0) is 9.52. The number of nitrogens with two attached hydrogens (primary N) is 2. The van der Waals surface area contributed by atoms with E-state index in [1.165, 1.54) is 32.1 Å². The Balaban J connectivity index is 2.03. The number of hydrogen-bond donors (Lipinski definition) is 3. The Kier molecular flexibility index (Phi) is 5.35. The molecular formula is C10H23N3. The van der Waals surface area contributed by atoms with Crippen molar-refractivity contribution in [1.82, 2.24) is 5.32 Å². The lowest BCUT2D eigenvalue weighted by Gasteiger charge is -2.24. The van der Waals surface area contributed by atoms with Gasteiger partial charge in [-0.3, -0.25) is 0 Å². The van der Waals surface area contributed by atoms with Crippen LogP contribution in [-0.4, -0.2) is 25.2 Å². The third-order valence-electron chi connectivity index (χ3n) is 2.81. The van der Waals surface area contributed by atoms with Gasteiger partial charge in [0.25, 0.3) is 0 Å². The van der Waals surface area contributed by atoms with Crippen molar-refractivity contribution in [1.29, 1.82) is 0 Å². The summed E-state index contributed by atoms with van der Waals surface area (Å²) in [5.41, 5.74) is 11.3. The second-order valence-electron chi connectivity index (χ2n) is 4.08. The molecule has 1 saturated carbocycles. The summed E-state index contributed by atoms with van der Waals surface area (Å²) in [6.45, 7) is 1.63. The fraction of sp³-hybridized carbons (Fsp3) is 1.00. The van der Waals surface area contributed by atoms with Gasteiger partial charge in [-0.15, -0.1) is 0 Å². The van der Waals surface area contributed by atoms with Gasteiger partial charge < -0.3 is 16.8 Å². The molecule has 0 aromatic heterocycles. The molecule has 3 heteroatoms. The topological polar surface area (TPSA) is 64.1 Å². The van der Waals surface area contributed by atoms with Gasteiger partial charge in [0, 0.05) is 18.6 Å². The van der Waals surface area contributed by atoms with Crippen LogP contribution in [0.2, 0.25) is 0 Å². The molecule has 0 aromatic carbocycles. The average Bonchev–Trinajstić information content (AvgIpc) is 2.17. The summed E-state index contributed by atoms with van der Waals surface area (Å²) >= 11 is 0. The highest BCUT2D eigenvalue weighted by Crippen LogP contribution is 2.17. The maximum atomic E-state index is 5.86. The van der Waals surface area contributed by atoms with E-state index in [9.17, 15) is 0 Å². The maximum absolute atomic E-state index is 5.86. The van der Waals surface area contributed by atoms with Gasteiger partial charge in [-0.05, 0) is 25.8 Å². The third kappa shape index (κ3) is 4.60. The fourth-order valence-corrected chi connectivity index (χ4v) is 1.94. The molecule has 1 unspecified atom stereocenters. The van der Waals surface area contributed by atoms with Crippen LogP contribution in [0.15, 0.2) is 0 Å². The van der Waals surface area contributed by atoms with Crippen LogP contribution in [0, 0.1) is 0 Å². The molecule has 0 heterocycles. The fourth-order valence-electron chi connectivity index (χ4n) is 1.94. The second kappa shape index (κ2) is 6.35. The molecule has 78 valence electrons. The highest BCUT2D eigenvalue weighted by molar-refractivity contribution is 4.74. The molecular weight excluding hydrogens is 162 g/mol. The minimum atomic E-state index is 0.243. The second-order valence-corrected chi connectivity index (χ2v) is 4.08. The quantitative estimate of drug-likeness (QED) is 0.587. The Bertz CT molecular complexity index is 121. The van der Waals surface area contributed by atoms with Crippen molar-refractivity contribution in [3.05, 3.63) is 0 Å². The molecule has 0 radical (unpaired) electrons. The minimum Gasteiger partial charge on any atom is -0.330 e. The van der Waals surface area contributed by atoms with Gasteiger partial charge in [-0.25, -0.2) is 0 Å². The first-order valence-corrected chi connectivity index (χ1v) is 5.52. The molecule has 0 spiro atoms. The molecule has 0 aromatic rings. The lowest BCUT2D eigenvalue weighted by molar-refractivity contribution is 0.362. The van der Waals surface area contributed by atoms with Crippen LogP contribution in [0.5, 0.6) is 0 Å². The number of nitrogens with one attached hydrogen (secondary N) is 1. The van der Waals surface area contributed by atoms with Crippen LogP contribution in [0.4, 0.5) is 0 Å². The van der Waals surface area contributed by atoms with Crippen molar-refractivity contribution in [3.63, 3.8) is 0 Å². The van der Waals surface area contributed by atoms with E-state index in [0.29, 0.717) is 6.54 Å². The van der Waals surface area contributed by atoms with Gasteiger partial charge in [0.1, 0.15) is 0 Å². The van der Waals surface area contributed by atoms with Crippen LogP contribution in [0.3, 0.4) is 0 Å². The van der Waals surface area contributed by atoms with Crippen molar-refractivity contribution < 1.29 is 0 Å². The van der Waals surface area contributed by atoms with E-state index < -0.39 is 0 Å². The Morgan fingerprint density at radius 1 is 1.23 bits per heavy atom. The Morgan fingerprint density at radius 2 is 1.92 bits per heavy atom. The number of hydrogen-bond acceptors (Lipinski definition) is 3. The predicted octanol–water partition coefficient (Wildman–Crippen LogP) is 0.585. The zero-order valence-electron chi connectivity index (χ0n) is 8.47. The first-order chi connectivity index (χ1) is 6.33. The molecule has 1 aliphatic carbocycles. The normalized spacial score (nSPS) is 21.7. The molecule has 1 fully saturated rings. The van der Waals surface area contributed by atoms with Gasteiger partial charge >= 0.3 is 0 Å². The Hall–Kier alpha value is -0.120. The van der Waals surface area contributed by atoms with Gasteiger partial charge in [0.15, 0.2) is 0 Å². The van der Waals surface area contributed by atoms with Crippen LogP contribution in [-0.2, 0) is 0 Å². The smallest absolute Gasteiger partial charge is 0.0177 e. The minimum absolute atomic E-state index is 0.243. The highest BCUT2D eigenvalue weighted by atomic mass is 14.9. The van der Waals surface area contributed by atoms with E-state index in [1.54, 1.807) is 0 Å². The van der Waals surface area contributed by atoms with Gasteiger partial charge in [-0.1, -0.05) is 19.3 Å². The maximum Gasteiger partial charge on any atom is 0.0177 e. The van der Waals surface area contributed by atoms with Crippen LogP contribution in [0.25, 0.3) is 0 Å². The van der Waals surface area contributed by atoms with Crippen molar-refractivity contribution in [2.75, 3.05) is 13.1 Å². The SMILES string of the molecule is NCCC(N)CNC1CCCCC1. The molecule has 13 heavy (non-hydrogen) atoms. The molecule has 0 saturated heterocycles. The lowest BCUT2D eigenvalue weighted by Crippen LogP contribution is -2.41. The molecule has 0 amide bonds. The van der Waals surface area contributed by atoms with E-state index in [1.807, 2.05) is 0 Å². The van der Waals surface area contributed by atoms with E-state index >= 15 is 0 Å². The van der Waals surface area contributed by atoms with E-state index in [4.69, 9.17) is 11.5 Å². The van der Waals surface area contributed by atoms with E-state index in [2.05, 4.69) is 5.32 Å². The Labute approximate surface area is 81.2 Å². The van der Waals surface area contributed by atoms with Gasteiger partial charge in [-0.2, -0.15) is 0 Å². The standard InChI is InChI=1S/C10H23N3/c11-7-6-9(12)8-13-10-4-2-1-3-5-10/h9-10,13H,1-8,11-12H2. The predicted molar refractivity (Wildman–Crippen MR) is 56.5 cm³/mol. The number of rotatable bonds is 5. The van der Waals surface area contributed by atoms with Gasteiger partial charge in [0.05, 0.1) is 0 Å². The van der Waals surface area contributed by atoms with Crippen molar-refractivity contribution in [2.24, 2.45) is 11.5 Å². The van der Waals surface area contributed by atoms with Gasteiger partial charge in [0.2, 0.25) is 0 Å². The third-order valence-corrected chi connectivity index (χ3v) is 2.81. The molecule has 1 rings (SSSR count). The van der Waals surface area contributed by atoms with Crippen molar-refractivity contribution in [3.8, 4) is 0 Å². The summed E-state index contributed by atoms with van der Waals surface area (Å²) in [5, 5.41) is 3.53. The summed E-state index contributed by atoms with van der Waals surface area (Å²) in [4.78, 5) is 0. The summed E-state index contributed by atoms with van der Waals surface area (Å²) in [7, 11) is 0. The molecule has 1 aliphatic rings. The highest BCUT2D eigenvalue weighted by Gasteiger charge is 2.13. The van der Waals surface area contributed by atoms with Crippen LogP contribution in [0.1, 0.15) is 38.5 Å². The van der Waals surface area contributed by atoms with Crippen molar-refractivity contribution in [2.45, 2.75) is 50.6 Å². The molecule has 3 nitrogen and oxygen atoms in total. The monoisotopic (exact) mass is 185 g/mol. The summed E-state index contributed by atoms with van der Waals surface area (Å²) < 4.78 is 0. The molecule has 0 aliphatic heterocycles. The largest absolute Gasteiger partial charge is 0.330 e. The van der Waals surface area contributed by atoms with Crippen LogP contribution >= 0.6 is 0 Å². The first kappa shape index (κ1) is 11.0. The van der Waals surface area contributed by atoms with Crippen LogP contribution < -0.4 is 16.8 Å². The van der Waals surface area contributed by atoms with E-state index in [-0.39, 0.29) is 6.04 Å². The summed E-state index contributed by atoms with van der Waals surface area (Å²) in [6, 6.07) is 0.963. The summed E-state index contributed by atoms with van der Waals surface area (Å²) in [5.74, 6) is 0. The van der Waals surface area contributed by atoms with Crippen molar-refractivity contribution >= 4 is 0 Å². The molecule has 0 bridgehead atoms. The Morgan fingerprint density at radius 3 is 2.54 bits per heavy atom. The zero-order valence-corrected chi connectivity index (χ0v) is 8.47. The first-order valence-electron chi connectivity index (χ1n) is 5.52. The lowest BCUT2D eigenvalue weighted by atomic mass is 9.95.